The number of aliphatic carboxylic acids is 1. The molecule has 0 saturated carbocycles. The maximum atomic E-state index is 12.6. The first kappa shape index (κ1) is 43.9. The van der Waals surface area contributed by atoms with Crippen LogP contribution >= 0.6 is 0 Å². The number of allylic oxidation sites excluding steroid dienone is 15. The van der Waals surface area contributed by atoms with Crippen LogP contribution in [0.5, 0.6) is 0 Å². The second kappa shape index (κ2) is 37.3. The van der Waals surface area contributed by atoms with E-state index in [1.807, 2.05) is 0 Å². The van der Waals surface area contributed by atoms with E-state index in [4.69, 9.17) is 9.84 Å². The van der Waals surface area contributed by atoms with Gasteiger partial charge in [-0.1, -0.05) is 150 Å². The summed E-state index contributed by atoms with van der Waals surface area (Å²) in [6, 6.07) is 0. The van der Waals surface area contributed by atoms with Crippen LogP contribution in [0.2, 0.25) is 0 Å². The molecule has 47 heavy (non-hydrogen) atoms. The van der Waals surface area contributed by atoms with Gasteiger partial charge in [0, 0.05) is 12.8 Å². The third-order valence-corrected chi connectivity index (χ3v) is 7.54. The first-order valence-electron chi connectivity index (χ1n) is 18.7. The third kappa shape index (κ3) is 37.2. The van der Waals surface area contributed by atoms with Crippen LogP contribution in [0, 0.1) is 0 Å². The van der Waals surface area contributed by atoms with Gasteiger partial charge in [-0.3, -0.25) is 9.59 Å². The Morgan fingerprint density at radius 3 is 1.53 bits per heavy atom. The quantitative estimate of drug-likeness (QED) is 0.0448. The van der Waals surface area contributed by atoms with E-state index in [0.29, 0.717) is 12.8 Å². The number of hydrogen-bond donors (Lipinski definition) is 1. The fourth-order valence-corrected chi connectivity index (χ4v) is 4.80. The van der Waals surface area contributed by atoms with Gasteiger partial charge in [-0.2, -0.15) is 0 Å². The zero-order chi connectivity index (χ0) is 34.3. The lowest BCUT2D eigenvalue weighted by atomic mass is 10.1. The Bertz CT molecular complexity index is 960. The van der Waals surface area contributed by atoms with Crippen molar-refractivity contribution in [1.82, 2.24) is 0 Å². The molecule has 1 unspecified atom stereocenters. The van der Waals surface area contributed by atoms with Gasteiger partial charge in [0.05, 0.1) is 0 Å². The zero-order valence-electron chi connectivity index (χ0n) is 30.0. The molecule has 0 bridgehead atoms. The van der Waals surface area contributed by atoms with Crippen LogP contribution in [0.1, 0.15) is 155 Å². The largest absolute Gasteiger partial charge is 0.481 e. The second-order valence-electron chi connectivity index (χ2n) is 12.0. The molecule has 4 heteroatoms. The van der Waals surface area contributed by atoms with E-state index >= 15 is 0 Å². The summed E-state index contributed by atoms with van der Waals surface area (Å²) in [4.78, 5) is 23.2. The molecule has 0 aliphatic rings. The zero-order valence-corrected chi connectivity index (χ0v) is 30.0. The molecule has 1 atom stereocenters. The molecule has 0 aliphatic heterocycles. The predicted molar refractivity (Wildman–Crippen MR) is 204 cm³/mol. The van der Waals surface area contributed by atoms with Crippen molar-refractivity contribution in [3.8, 4) is 0 Å². The molecule has 0 aromatic heterocycles. The fraction of sp³-hybridized carbons (Fsp3) is 0.581. The standard InChI is InChI=1S/C43H68O4/c1-3-5-7-9-11-13-14-15-16-17-18-19-20-21-22-24-26-32-36-40-43(46)47-41(37-33-29-25-23-12-10-8-6-4-2)38-34-30-27-28-31-35-39-42(44)45/h5,7,11,13,15-16,18-19,21-23,25-26,32-33,37,41H,3-4,6,8-10,12,14,17,20,24,27-31,34-36,38-40H2,1-2H3,(H,44,45)/b7-5-,13-11-,16-15-,19-18-,22-21-,25-23-,32-26-,37-33-. The summed E-state index contributed by atoms with van der Waals surface area (Å²) in [7, 11) is 0. The monoisotopic (exact) mass is 649 g/mol. The lowest BCUT2D eigenvalue weighted by molar-refractivity contribution is -0.147. The Labute approximate surface area is 289 Å². The minimum Gasteiger partial charge on any atom is -0.481 e. The van der Waals surface area contributed by atoms with Gasteiger partial charge in [-0.05, 0) is 89.5 Å². The molecular formula is C43H68O4. The number of unbranched alkanes of at least 4 members (excludes halogenated alkanes) is 9. The highest BCUT2D eigenvalue weighted by Crippen LogP contribution is 2.14. The lowest BCUT2D eigenvalue weighted by Gasteiger charge is -2.14. The molecule has 0 spiro atoms. The van der Waals surface area contributed by atoms with E-state index in [1.165, 1.54) is 25.7 Å². The lowest BCUT2D eigenvalue weighted by Crippen LogP contribution is -2.16. The molecule has 0 aliphatic carbocycles. The first-order valence-corrected chi connectivity index (χ1v) is 18.7. The van der Waals surface area contributed by atoms with Gasteiger partial charge in [-0.25, -0.2) is 0 Å². The van der Waals surface area contributed by atoms with Crippen LogP contribution in [0.15, 0.2) is 97.2 Å². The molecule has 264 valence electrons. The third-order valence-electron chi connectivity index (χ3n) is 7.54. The minimum absolute atomic E-state index is 0.140. The number of carbonyl (C=O) groups is 2. The number of carboxylic acids is 1. The first-order chi connectivity index (χ1) is 23.1. The average Bonchev–Trinajstić information content (AvgIpc) is 3.05. The van der Waals surface area contributed by atoms with Crippen molar-refractivity contribution in [2.45, 2.75) is 161 Å². The summed E-state index contributed by atoms with van der Waals surface area (Å²) < 4.78 is 5.85. The van der Waals surface area contributed by atoms with Crippen LogP contribution in [0.3, 0.4) is 0 Å². The Morgan fingerprint density at radius 1 is 0.511 bits per heavy atom. The summed E-state index contributed by atoms with van der Waals surface area (Å²) in [5, 5.41) is 8.77. The summed E-state index contributed by atoms with van der Waals surface area (Å²) in [5.74, 6) is -0.854. The molecule has 0 amide bonds. The van der Waals surface area contributed by atoms with Gasteiger partial charge in [0.2, 0.25) is 0 Å². The molecule has 0 fully saturated rings. The number of esters is 1. The number of carbonyl (C=O) groups excluding carboxylic acids is 1. The molecule has 4 nitrogen and oxygen atoms in total. The minimum atomic E-state index is -0.714. The molecule has 0 rings (SSSR count). The van der Waals surface area contributed by atoms with Crippen LogP contribution in [0.25, 0.3) is 0 Å². The Morgan fingerprint density at radius 2 is 0.979 bits per heavy atom. The van der Waals surface area contributed by atoms with Crippen LogP contribution in [-0.2, 0) is 14.3 Å². The fourth-order valence-electron chi connectivity index (χ4n) is 4.80. The van der Waals surface area contributed by atoms with Crippen molar-refractivity contribution in [3.05, 3.63) is 97.2 Å². The van der Waals surface area contributed by atoms with E-state index in [0.717, 1.165) is 96.3 Å². The number of rotatable bonds is 32. The van der Waals surface area contributed by atoms with Crippen LogP contribution in [0.4, 0.5) is 0 Å². The molecule has 0 radical (unpaired) electrons. The van der Waals surface area contributed by atoms with E-state index in [2.05, 4.69) is 111 Å². The molecule has 0 saturated heterocycles. The summed E-state index contributed by atoms with van der Waals surface area (Å²) in [6.07, 6.45) is 55.8. The summed E-state index contributed by atoms with van der Waals surface area (Å²) in [5.41, 5.74) is 0. The Hall–Kier alpha value is -3.14. The highest BCUT2D eigenvalue weighted by Gasteiger charge is 2.11. The van der Waals surface area contributed by atoms with Gasteiger partial charge < -0.3 is 9.84 Å². The van der Waals surface area contributed by atoms with Crippen LogP contribution in [-0.4, -0.2) is 23.1 Å². The van der Waals surface area contributed by atoms with E-state index in [9.17, 15) is 9.59 Å². The molecular weight excluding hydrogens is 580 g/mol. The van der Waals surface area contributed by atoms with Gasteiger partial charge in [0.15, 0.2) is 0 Å². The highest BCUT2D eigenvalue weighted by atomic mass is 16.5. The van der Waals surface area contributed by atoms with Crippen molar-refractivity contribution in [2.24, 2.45) is 0 Å². The predicted octanol–water partition coefficient (Wildman–Crippen LogP) is 13.1. The summed E-state index contributed by atoms with van der Waals surface area (Å²) >= 11 is 0. The second-order valence-corrected chi connectivity index (χ2v) is 12.0. The van der Waals surface area contributed by atoms with Gasteiger partial charge in [-0.15, -0.1) is 0 Å². The summed E-state index contributed by atoms with van der Waals surface area (Å²) in [6.45, 7) is 4.39. The number of hydrogen-bond acceptors (Lipinski definition) is 3. The Balaban J connectivity index is 4.30. The smallest absolute Gasteiger partial charge is 0.306 e. The normalized spacial score (nSPS) is 13.4. The van der Waals surface area contributed by atoms with E-state index in [-0.39, 0.29) is 18.5 Å². The molecule has 1 N–H and O–H groups in total. The molecule has 0 heterocycles. The SMILES string of the molecule is CC/C=C\C/C=C\C/C=C\C/C=C\C/C=C\C/C=C\CCC(=O)OC(/C=C\C/C=C\CCCCCC)CCCCCCCCC(=O)O. The number of ether oxygens (including phenoxy) is 1. The number of carboxylic acid groups (broad SMARTS) is 1. The van der Waals surface area contributed by atoms with Gasteiger partial charge in [0.1, 0.15) is 6.10 Å². The molecule has 0 aromatic rings. The molecule has 0 aromatic carbocycles. The maximum Gasteiger partial charge on any atom is 0.306 e. The van der Waals surface area contributed by atoms with E-state index in [1.54, 1.807) is 0 Å². The van der Waals surface area contributed by atoms with E-state index < -0.39 is 5.97 Å². The van der Waals surface area contributed by atoms with Crippen molar-refractivity contribution in [3.63, 3.8) is 0 Å². The van der Waals surface area contributed by atoms with Gasteiger partial charge >= 0.3 is 11.9 Å². The Kier molecular flexibility index (Phi) is 34.8. The van der Waals surface area contributed by atoms with Crippen LogP contribution < -0.4 is 0 Å². The highest BCUT2D eigenvalue weighted by molar-refractivity contribution is 5.69. The van der Waals surface area contributed by atoms with Crippen molar-refractivity contribution in [1.29, 1.82) is 0 Å². The maximum absolute atomic E-state index is 12.6. The van der Waals surface area contributed by atoms with Crippen molar-refractivity contribution in [2.75, 3.05) is 0 Å². The van der Waals surface area contributed by atoms with Crippen molar-refractivity contribution < 1.29 is 19.4 Å². The van der Waals surface area contributed by atoms with Crippen molar-refractivity contribution >= 4 is 11.9 Å². The topological polar surface area (TPSA) is 63.6 Å². The average molecular weight is 649 g/mol. The van der Waals surface area contributed by atoms with Gasteiger partial charge in [0.25, 0.3) is 0 Å².